The molecule has 1 aliphatic rings. The maximum absolute atomic E-state index is 12.1. The highest BCUT2D eigenvalue weighted by Gasteiger charge is 2.21. The van der Waals surface area contributed by atoms with E-state index in [0.717, 1.165) is 26.1 Å². The molecule has 2 aromatic rings. The lowest BCUT2D eigenvalue weighted by Crippen LogP contribution is -2.32. The Morgan fingerprint density at radius 2 is 2.19 bits per heavy atom. The molecule has 1 aromatic carbocycles. The first-order valence-electron chi connectivity index (χ1n) is 7.27. The molecule has 1 fully saturated rings. The monoisotopic (exact) mass is 288 g/mol. The smallest absolute Gasteiger partial charge is 0.260 e. The van der Waals surface area contributed by atoms with Gasteiger partial charge >= 0.3 is 0 Å². The van der Waals surface area contributed by atoms with E-state index in [-0.39, 0.29) is 11.6 Å². The zero-order valence-corrected chi connectivity index (χ0v) is 12.1. The molecule has 1 aromatic heterocycles. The summed E-state index contributed by atoms with van der Waals surface area (Å²) >= 11 is 0. The minimum absolute atomic E-state index is 0.172. The highest BCUT2D eigenvalue weighted by atomic mass is 16.5. The number of anilines is 2. The Hall–Kier alpha value is -2.08. The molecule has 0 bridgehead atoms. The lowest BCUT2D eigenvalue weighted by Gasteiger charge is -2.28. The molecular weight excluding hydrogens is 268 g/mol. The van der Waals surface area contributed by atoms with Crippen LogP contribution in [0.25, 0.3) is 10.9 Å². The number of fused-ring (bicyclic) bond motifs is 1. The van der Waals surface area contributed by atoms with Crippen molar-refractivity contribution in [3.05, 3.63) is 28.6 Å². The summed E-state index contributed by atoms with van der Waals surface area (Å²) in [6.07, 6.45) is 2.06. The van der Waals surface area contributed by atoms with Crippen molar-refractivity contribution in [3.63, 3.8) is 0 Å². The Morgan fingerprint density at radius 1 is 1.43 bits per heavy atom. The Labute approximate surface area is 122 Å². The van der Waals surface area contributed by atoms with Gasteiger partial charge in [-0.15, -0.1) is 0 Å². The van der Waals surface area contributed by atoms with Crippen molar-refractivity contribution in [2.75, 3.05) is 24.3 Å². The van der Waals surface area contributed by atoms with Crippen LogP contribution in [0.15, 0.2) is 23.0 Å². The summed E-state index contributed by atoms with van der Waals surface area (Å²) in [7, 11) is 0. The fraction of sp³-hybridized carbons (Fsp3) is 0.467. The molecular formula is C15H20N4O2. The Morgan fingerprint density at radius 3 is 2.95 bits per heavy atom. The third-order valence-electron chi connectivity index (χ3n) is 4.07. The molecule has 1 saturated heterocycles. The molecule has 1 atom stereocenters. The van der Waals surface area contributed by atoms with E-state index in [2.05, 4.69) is 22.2 Å². The first-order chi connectivity index (χ1) is 10.1. The highest BCUT2D eigenvalue weighted by molar-refractivity contribution is 5.81. The molecule has 6 heteroatoms. The van der Waals surface area contributed by atoms with Crippen molar-refractivity contribution < 1.29 is 4.74 Å². The molecule has 0 spiro atoms. The lowest BCUT2D eigenvalue weighted by molar-refractivity contribution is 0.0621. The number of H-pyrrole nitrogens is 1. The van der Waals surface area contributed by atoms with Gasteiger partial charge in [0, 0.05) is 24.9 Å². The number of nitrogens with zero attached hydrogens (tertiary/aromatic N) is 1. The number of nitrogens with one attached hydrogen (secondary N) is 2. The van der Waals surface area contributed by atoms with E-state index in [0.29, 0.717) is 28.5 Å². The van der Waals surface area contributed by atoms with Crippen LogP contribution < -0.4 is 16.6 Å². The number of hydrogen-bond acceptors (Lipinski definition) is 5. The molecule has 2 heterocycles. The summed E-state index contributed by atoms with van der Waals surface area (Å²) in [5.74, 6) is 1.04. The third-order valence-corrected chi connectivity index (χ3v) is 4.07. The van der Waals surface area contributed by atoms with Crippen LogP contribution in [-0.2, 0) is 4.74 Å². The molecule has 1 unspecified atom stereocenters. The zero-order valence-electron chi connectivity index (χ0n) is 12.1. The number of nitrogen functional groups attached to an aromatic ring is 1. The third kappa shape index (κ3) is 3.00. The average Bonchev–Trinajstić information content (AvgIpc) is 2.49. The van der Waals surface area contributed by atoms with Crippen molar-refractivity contribution in [2.24, 2.45) is 5.92 Å². The predicted molar refractivity (Wildman–Crippen MR) is 83.4 cm³/mol. The fourth-order valence-electron chi connectivity index (χ4n) is 2.77. The van der Waals surface area contributed by atoms with Crippen molar-refractivity contribution in [1.82, 2.24) is 9.97 Å². The second-order valence-electron chi connectivity index (χ2n) is 5.57. The van der Waals surface area contributed by atoms with Crippen LogP contribution in [-0.4, -0.2) is 29.2 Å². The van der Waals surface area contributed by atoms with Gasteiger partial charge in [-0.1, -0.05) is 0 Å². The van der Waals surface area contributed by atoms with Gasteiger partial charge in [-0.05, 0) is 43.9 Å². The van der Waals surface area contributed by atoms with Gasteiger partial charge in [-0.2, -0.15) is 0 Å². The zero-order chi connectivity index (χ0) is 14.8. The van der Waals surface area contributed by atoms with E-state index in [1.54, 1.807) is 18.2 Å². The summed E-state index contributed by atoms with van der Waals surface area (Å²) < 4.78 is 5.37. The van der Waals surface area contributed by atoms with Crippen molar-refractivity contribution in [2.45, 2.75) is 25.8 Å². The SMILES string of the molecule is CC(Nc1nc2ccc(N)cc2c(=O)[nH]1)C1CCOCC1. The predicted octanol–water partition coefficient (Wildman–Crippen LogP) is 1.73. The van der Waals surface area contributed by atoms with E-state index in [1.807, 2.05) is 0 Å². The molecule has 112 valence electrons. The molecule has 21 heavy (non-hydrogen) atoms. The van der Waals surface area contributed by atoms with E-state index in [1.165, 1.54) is 0 Å². The highest BCUT2D eigenvalue weighted by Crippen LogP contribution is 2.21. The summed E-state index contributed by atoms with van der Waals surface area (Å²) in [5, 5.41) is 3.82. The minimum Gasteiger partial charge on any atom is -0.399 e. The first kappa shape index (κ1) is 13.9. The Balaban J connectivity index is 1.84. The van der Waals surface area contributed by atoms with E-state index in [4.69, 9.17) is 10.5 Å². The first-order valence-corrected chi connectivity index (χ1v) is 7.27. The number of ether oxygens (including phenoxy) is 1. The minimum atomic E-state index is -0.172. The van der Waals surface area contributed by atoms with E-state index < -0.39 is 0 Å². The molecule has 0 radical (unpaired) electrons. The number of aromatic nitrogens is 2. The molecule has 1 aliphatic heterocycles. The quantitative estimate of drug-likeness (QED) is 0.748. The topological polar surface area (TPSA) is 93.0 Å². The summed E-state index contributed by atoms with van der Waals surface area (Å²) in [4.78, 5) is 19.3. The standard InChI is InChI=1S/C15H20N4O2/c1-9(10-4-6-21-7-5-10)17-15-18-13-3-2-11(16)8-12(13)14(20)19-15/h2-3,8-10H,4-7,16H2,1H3,(H2,17,18,19,20). The van der Waals surface area contributed by atoms with Gasteiger partial charge < -0.3 is 15.8 Å². The maximum Gasteiger partial charge on any atom is 0.260 e. The molecule has 4 N–H and O–H groups in total. The number of benzene rings is 1. The van der Waals surface area contributed by atoms with Gasteiger partial charge in [0.25, 0.3) is 5.56 Å². The van der Waals surface area contributed by atoms with Crippen molar-refractivity contribution in [3.8, 4) is 0 Å². The Kier molecular flexibility index (Phi) is 3.79. The van der Waals surface area contributed by atoms with Crippen LogP contribution in [0.4, 0.5) is 11.6 Å². The van der Waals surface area contributed by atoms with Crippen LogP contribution in [0, 0.1) is 5.92 Å². The fourth-order valence-corrected chi connectivity index (χ4v) is 2.77. The summed E-state index contributed by atoms with van der Waals surface area (Å²) in [6, 6.07) is 5.40. The van der Waals surface area contributed by atoms with Crippen molar-refractivity contribution >= 4 is 22.5 Å². The number of rotatable bonds is 3. The van der Waals surface area contributed by atoms with Crippen LogP contribution in [0.1, 0.15) is 19.8 Å². The molecule has 3 rings (SSSR count). The van der Waals surface area contributed by atoms with E-state index in [9.17, 15) is 4.79 Å². The largest absolute Gasteiger partial charge is 0.399 e. The second-order valence-corrected chi connectivity index (χ2v) is 5.57. The normalized spacial score (nSPS) is 17.8. The van der Waals surface area contributed by atoms with Crippen molar-refractivity contribution in [1.29, 1.82) is 0 Å². The van der Waals surface area contributed by atoms with Gasteiger partial charge in [-0.25, -0.2) is 4.98 Å². The van der Waals surface area contributed by atoms with Gasteiger partial charge in [0.15, 0.2) is 0 Å². The summed E-state index contributed by atoms with van der Waals surface area (Å²) in [6.45, 7) is 3.72. The van der Waals surface area contributed by atoms with Gasteiger partial charge in [-0.3, -0.25) is 9.78 Å². The van der Waals surface area contributed by atoms with Gasteiger partial charge in [0.1, 0.15) is 0 Å². The maximum atomic E-state index is 12.1. The number of nitrogens with two attached hydrogens (primary N) is 1. The van der Waals surface area contributed by atoms with Crippen LogP contribution >= 0.6 is 0 Å². The molecule has 0 aliphatic carbocycles. The van der Waals surface area contributed by atoms with Crippen LogP contribution in [0.5, 0.6) is 0 Å². The Bertz CT molecular complexity index is 692. The van der Waals surface area contributed by atoms with Gasteiger partial charge in [0.2, 0.25) is 5.95 Å². The average molecular weight is 288 g/mol. The van der Waals surface area contributed by atoms with E-state index >= 15 is 0 Å². The number of hydrogen-bond donors (Lipinski definition) is 3. The lowest BCUT2D eigenvalue weighted by atomic mass is 9.93. The molecule has 0 saturated carbocycles. The van der Waals surface area contributed by atoms with Crippen LogP contribution in [0.2, 0.25) is 0 Å². The second kappa shape index (κ2) is 5.73. The molecule has 0 amide bonds. The number of aromatic amines is 1. The van der Waals surface area contributed by atoms with Crippen LogP contribution in [0.3, 0.4) is 0 Å². The molecule has 6 nitrogen and oxygen atoms in total. The van der Waals surface area contributed by atoms with Gasteiger partial charge in [0.05, 0.1) is 10.9 Å². The summed E-state index contributed by atoms with van der Waals surface area (Å²) in [5.41, 5.74) is 6.74.